The van der Waals surface area contributed by atoms with Crippen molar-refractivity contribution in [3.8, 4) is 0 Å². The van der Waals surface area contributed by atoms with E-state index in [0.717, 1.165) is 0 Å². The summed E-state index contributed by atoms with van der Waals surface area (Å²) in [5, 5.41) is 3.59. The lowest BCUT2D eigenvalue weighted by atomic mass is 10.2. The highest BCUT2D eigenvalue weighted by Gasteiger charge is 2.22. The van der Waals surface area contributed by atoms with E-state index in [0.29, 0.717) is 27.1 Å². The molecule has 0 radical (unpaired) electrons. The van der Waals surface area contributed by atoms with E-state index in [1.165, 1.54) is 35.9 Å². The summed E-state index contributed by atoms with van der Waals surface area (Å²) in [5.41, 5.74) is 4.67. The van der Waals surface area contributed by atoms with Gasteiger partial charge in [-0.05, 0) is 48.8 Å². The molecule has 0 aliphatic heterocycles. The number of rotatable bonds is 9. The van der Waals surface area contributed by atoms with Crippen LogP contribution in [-0.4, -0.2) is 41.5 Å². The van der Waals surface area contributed by atoms with Crippen LogP contribution < -0.4 is 16.2 Å². The van der Waals surface area contributed by atoms with Crippen LogP contribution in [0, 0.1) is 0 Å². The van der Waals surface area contributed by atoms with E-state index in [1.807, 2.05) is 6.26 Å². The van der Waals surface area contributed by atoms with E-state index >= 15 is 0 Å². The van der Waals surface area contributed by atoms with Gasteiger partial charge < -0.3 is 9.73 Å². The Kier molecular flexibility index (Phi) is 9.72. The molecule has 0 fully saturated rings. The lowest BCUT2D eigenvalue weighted by Crippen LogP contribution is -2.52. The Morgan fingerprint density at radius 3 is 2.66 bits per heavy atom. The van der Waals surface area contributed by atoms with Gasteiger partial charge in [-0.3, -0.25) is 25.2 Å². The number of amides is 3. The van der Waals surface area contributed by atoms with Gasteiger partial charge in [0.25, 0.3) is 11.8 Å². The van der Waals surface area contributed by atoms with Crippen LogP contribution >= 0.6 is 46.7 Å². The first-order valence-electron chi connectivity index (χ1n) is 8.40. The molecule has 11 heteroatoms. The largest absolute Gasteiger partial charge is 0.459 e. The SMILES string of the molecule is CSCCC(NC(=O)c1ccco1)C(=O)NNC(=O)CSc1cc(Cl)ccc1Cl. The van der Waals surface area contributed by atoms with Crippen molar-refractivity contribution in [2.24, 2.45) is 0 Å². The Morgan fingerprint density at radius 1 is 1.17 bits per heavy atom. The number of thioether (sulfide) groups is 2. The Labute approximate surface area is 186 Å². The van der Waals surface area contributed by atoms with E-state index in [4.69, 9.17) is 27.6 Å². The van der Waals surface area contributed by atoms with Crippen molar-refractivity contribution in [2.75, 3.05) is 17.8 Å². The fourth-order valence-electron chi connectivity index (χ4n) is 2.13. The van der Waals surface area contributed by atoms with Crippen molar-refractivity contribution in [2.45, 2.75) is 17.4 Å². The van der Waals surface area contributed by atoms with Gasteiger partial charge >= 0.3 is 0 Å². The second-order valence-electron chi connectivity index (χ2n) is 5.69. The summed E-state index contributed by atoms with van der Waals surface area (Å²) in [4.78, 5) is 37.2. The smallest absolute Gasteiger partial charge is 0.287 e. The van der Waals surface area contributed by atoms with Gasteiger partial charge in [0.2, 0.25) is 5.91 Å². The van der Waals surface area contributed by atoms with E-state index in [-0.39, 0.29) is 11.5 Å². The molecule has 1 aromatic carbocycles. The normalized spacial score (nSPS) is 11.6. The van der Waals surface area contributed by atoms with E-state index in [1.54, 1.807) is 24.3 Å². The first-order valence-corrected chi connectivity index (χ1v) is 11.5. The molecule has 1 unspecified atom stereocenters. The van der Waals surface area contributed by atoms with E-state index in [9.17, 15) is 14.4 Å². The summed E-state index contributed by atoms with van der Waals surface area (Å²) in [6, 6.07) is 7.21. The predicted molar refractivity (Wildman–Crippen MR) is 116 cm³/mol. The summed E-state index contributed by atoms with van der Waals surface area (Å²) in [7, 11) is 0. The van der Waals surface area contributed by atoms with Crippen molar-refractivity contribution in [3.63, 3.8) is 0 Å². The predicted octanol–water partition coefficient (Wildman–Crippen LogP) is 3.38. The first kappa shape index (κ1) is 23.5. The number of hydrogen-bond donors (Lipinski definition) is 3. The molecule has 0 aliphatic carbocycles. The fourth-order valence-corrected chi connectivity index (χ4v) is 3.89. The minimum atomic E-state index is -0.824. The maximum absolute atomic E-state index is 12.4. The van der Waals surface area contributed by atoms with Gasteiger partial charge in [0, 0.05) is 9.92 Å². The van der Waals surface area contributed by atoms with Crippen LogP contribution in [0.5, 0.6) is 0 Å². The minimum absolute atomic E-state index is 0.0224. The molecule has 3 N–H and O–H groups in total. The maximum atomic E-state index is 12.4. The molecular weight excluding hydrogens is 457 g/mol. The topological polar surface area (TPSA) is 100 Å². The Hall–Kier alpha value is -1.81. The minimum Gasteiger partial charge on any atom is -0.459 e. The second-order valence-corrected chi connectivity index (χ2v) is 8.53. The number of hydrogen-bond acceptors (Lipinski definition) is 6. The molecule has 1 aromatic heterocycles. The standard InChI is InChI=1S/C18H19Cl2N3O4S2/c1-28-8-6-13(21-18(26)14-3-2-7-27-14)17(25)23-22-16(24)10-29-15-9-11(19)4-5-12(15)20/h2-5,7,9,13H,6,8,10H2,1H3,(H,21,26)(H,22,24)(H,23,25). The summed E-state index contributed by atoms with van der Waals surface area (Å²) >= 11 is 14.7. The molecule has 29 heavy (non-hydrogen) atoms. The number of furan rings is 1. The van der Waals surface area contributed by atoms with Gasteiger partial charge in [-0.2, -0.15) is 11.8 Å². The van der Waals surface area contributed by atoms with Crippen molar-refractivity contribution in [3.05, 3.63) is 52.4 Å². The second kappa shape index (κ2) is 12.0. The quantitative estimate of drug-likeness (QED) is 0.379. The Balaban J connectivity index is 1.85. The number of carbonyl (C=O) groups is 3. The highest BCUT2D eigenvalue weighted by Crippen LogP contribution is 2.29. The lowest BCUT2D eigenvalue weighted by Gasteiger charge is -2.18. The van der Waals surface area contributed by atoms with Crippen molar-refractivity contribution in [1.29, 1.82) is 0 Å². The zero-order valence-corrected chi connectivity index (χ0v) is 18.5. The highest BCUT2D eigenvalue weighted by molar-refractivity contribution is 8.00. The molecule has 1 atom stereocenters. The van der Waals surface area contributed by atoms with Crippen LogP contribution in [0.3, 0.4) is 0 Å². The third-order valence-corrected chi connectivity index (χ3v) is 5.93. The number of carbonyl (C=O) groups excluding carboxylic acids is 3. The molecule has 0 spiro atoms. The molecule has 7 nitrogen and oxygen atoms in total. The molecule has 156 valence electrons. The monoisotopic (exact) mass is 475 g/mol. The van der Waals surface area contributed by atoms with Crippen LogP contribution in [0.2, 0.25) is 10.0 Å². The van der Waals surface area contributed by atoms with Crippen LogP contribution in [0.4, 0.5) is 0 Å². The zero-order chi connectivity index (χ0) is 21.2. The molecule has 0 bridgehead atoms. The number of benzene rings is 1. The lowest BCUT2D eigenvalue weighted by molar-refractivity contribution is -0.128. The Bertz CT molecular complexity index is 850. The van der Waals surface area contributed by atoms with Gasteiger partial charge in [-0.25, -0.2) is 0 Å². The van der Waals surface area contributed by atoms with E-state index in [2.05, 4.69) is 16.2 Å². The molecule has 0 saturated heterocycles. The molecular formula is C18H19Cl2N3O4S2. The average Bonchev–Trinajstić information content (AvgIpc) is 3.24. The van der Waals surface area contributed by atoms with Crippen LogP contribution in [0.15, 0.2) is 45.9 Å². The van der Waals surface area contributed by atoms with Gasteiger partial charge in [0.1, 0.15) is 6.04 Å². The van der Waals surface area contributed by atoms with Crippen LogP contribution in [-0.2, 0) is 9.59 Å². The number of hydrazine groups is 1. The van der Waals surface area contributed by atoms with Gasteiger partial charge in [-0.15, -0.1) is 11.8 Å². The first-order chi connectivity index (χ1) is 13.9. The zero-order valence-electron chi connectivity index (χ0n) is 15.4. The molecule has 2 rings (SSSR count). The van der Waals surface area contributed by atoms with Crippen LogP contribution in [0.25, 0.3) is 0 Å². The summed E-state index contributed by atoms with van der Waals surface area (Å²) in [5.74, 6) is -0.694. The van der Waals surface area contributed by atoms with Crippen molar-refractivity contribution >= 4 is 64.4 Å². The van der Waals surface area contributed by atoms with E-state index < -0.39 is 23.8 Å². The van der Waals surface area contributed by atoms with Crippen molar-refractivity contribution in [1.82, 2.24) is 16.2 Å². The number of nitrogens with one attached hydrogen (secondary N) is 3. The summed E-state index contributed by atoms with van der Waals surface area (Å²) in [6.07, 6.45) is 3.65. The summed E-state index contributed by atoms with van der Waals surface area (Å²) < 4.78 is 5.03. The average molecular weight is 476 g/mol. The fraction of sp³-hybridized carbons (Fsp3) is 0.278. The molecule has 3 amide bonds. The highest BCUT2D eigenvalue weighted by atomic mass is 35.5. The van der Waals surface area contributed by atoms with Gasteiger partial charge in [0.05, 0.1) is 17.0 Å². The Morgan fingerprint density at radius 2 is 1.97 bits per heavy atom. The third kappa shape index (κ3) is 7.85. The molecule has 2 aromatic rings. The molecule has 0 aliphatic rings. The van der Waals surface area contributed by atoms with Gasteiger partial charge in [0.15, 0.2) is 5.76 Å². The van der Waals surface area contributed by atoms with Crippen molar-refractivity contribution < 1.29 is 18.8 Å². The molecule has 0 saturated carbocycles. The van der Waals surface area contributed by atoms with Gasteiger partial charge in [-0.1, -0.05) is 23.2 Å². The third-order valence-electron chi connectivity index (χ3n) is 3.55. The molecule has 1 heterocycles. The maximum Gasteiger partial charge on any atom is 0.287 e. The number of halogens is 2. The summed E-state index contributed by atoms with van der Waals surface area (Å²) in [6.45, 7) is 0. The van der Waals surface area contributed by atoms with Crippen LogP contribution in [0.1, 0.15) is 17.0 Å².